The molecule has 2 N–H and O–H groups in total. The third-order valence-corrected chi connectivity index (χ3v) is 5.70. The average Bonchev–Trinajstić information content (AvgIpc) is 3.12. The zero-order valence-electron chi connectivity index (χ0n) is 13.4. The average molecular weight is 383 g/mol. The minimum absolute atomic E-state index is 0.0159. The highest BCUT2D eigenvalue weighted by molar-refractivity contribution is 7.19. The molecule has 1 aliphatic heterocycles. The maximum absolute atomic E-state index is 13.6. The number of nitrogens with two attached hydrogens (primary N) is 1. The molecular weight excluding hydrogens is 366 g/mol. The maximum Gasteiger partial charge on any atom is 0.260 e. The summed E-state index contributed by atoms with van der Waals surface area (Å²) in [6.07, 6.45) is 0.515. The normalized spacial score (nSPS) is 18.0. The van der Waals surface area contributed by atoms with Gasteiger partial charge in [0.25, 0.3) is 5.92 Å². The highest BCUT2D eigenvalue weighted by Crippen LogP contribution is 2.37. The predicted molar refractivity (Wildman–Crippen MR) is 98.4 cm³/mol. The van der Waals surface area contributed by atoms with Crippen LogP contribution in [0.3, 0.4) is 0 Å². The number of hydrogen-bond acceptors (Lipinski definition) is 4. The lowest BCUT2D eigenvalue weighted by molar-refractivity contribution is -0.0658. The number of rotatable bonds is 3. The first-order valence-electron chi connectivity index (χ1n) is 8.07. The van der Waals surface area contributed by atoms with Crippen molar-refractivity contribution in [2.45, 2.75) is 25.3 Å². The zero-order valence-corrected chi connectivity index (χ0v) is 15.0. The molecule has 132 valence electrons. The molecule has 1 saturated heterocycles. The Morgan fingerprint density at radius 3 is 2.84 bits per heavy atom. The van der Waals surface area contributed by atoms with Gasteiger partial charge in [-0.2, -0.15) is 0 Å². The van der Waals surface area contributed by atoms with Crippen molar-refractivity contribution in [1.82, 2.24) is 4.90 Å². The van der Waals surface area contributed by atoms with Crippen LogP contribution in [0.25, 0.3) is 21.4 Å². The Kier molecular flexibility index (Phi) is 4.22. The monoisotopic (exact) mass is 382 g/mol. The highest BCUT2D eigenvalue weighted by Gasteiger charge is 2.35. The fraction of sp³-hybridized carbons (Fsp3) is 0.333. The van der Waals surface area contributed by atoms with Gasteiger partial charge in [0, 0.05) is 39.2 Å². The van der Waals surface area contributed by atoms with Crippen LogP contribution in [0.5, 0.6) is 0 Å². The Hall–Kier alpha value is -1.63. The fourth-order valence-corrected chi connectivity index (χ4v) is 4.64. The Labute approximate surface area is 153 Å². The van der Waals surface area contributed by atoms with E-state index in [1.807, 2.05) is 23.1 Å². The first kappa shape index (κ1) is 16.8. The summed E-state index contributed by atoms with van der Waals surface area (Å²) in [5.41, 5.74) is 7.69. The smallest absolute Gasteiger partial charge is 0.260 e. The summed E-state index contributed by atoms with van der Waals surface area (Å²) in [5.74, 6) is -1.93. The van der Waals surface area contributed by atoms with Crippen molar-refractivity contribution in [2.24, 2.45) is 0 Å². The number of halogens is 3. The molecule has 3 aromatic rings. The van der Waals surface area contributed by atoms with Gasteiger partial charge < -0.3 is 10.2 Å². The number of benzene rings is 1. The lowest BCUT2D eigenvalue weighted by atomic mass is 10.1. The van der Waals surface area contributed by atoms with E-state index in [9.17, 15) is 8.78 Å². The number of fused-ring (bicyclic) bond motifs is 1. The summed E-state index contributed by atoms with van der Waals surface area (Å²) in [7, 11) is 0. The van der Waals surface area contributed by atoms with Gasteiger partial charge in [0.2, 0.25) is 0 Å². The predicted octanol–water partition coefficient (Wildman–Crippen LogP) is 5.63. The summed E-state index contributed by atoms with van der Waals surface area (Å²) in [6.45, 7) is 1.05. The molecule has 2 aromatic heterocycles. The van der Waals surface area contributed by atoms with E-state index < -0.39 is 5.92 Å². The van der Waals surface area contributed by atoms with Crippen molar-refractivity contribution >= 4 is 38.7 Å². The fourth-order valence-electron chi connectivity index (χ4n) is 3.31. The number of nitrogen functional groups attached to an aromatic ring is 1. The van der Waals surface area contributed by atoms with E-state index in [4.69, 9.17) is 21.8 Å². The number of thiophene rings is 1. The van der Waals surface area contributed by atoms with Crippen LogP contribution in [0.15, 0.2) is 34.7 Å². The van der Waals surface area contributed by atoms with Crippen molar-refractivity contribution in [1.29, 1.82) is 0 Å². The first-order chi connectivity index (χ1) is 11.9. The molecule has 0 saturated carbocycles. The molecule has 3 heterocycles. The van der Waals surface area contributed by atoms with E-state index in [0.29, 0.717) is 36.2 Å². The standard InChI is InChI=1S/C18H17ClF2N2OS/c19-17-3-2-15(24-17)11-6-14(22)13-8-12(25-16(13)7-11)9-23-5-1-4-18(20,21)10-23/h2-3,6-8H,1,4-5,9-10,22H2. The third kappa shape index (κ3) is 3.52. The SMILES string of the molecule is Nc1cc(-c2ccc(Cl)o2)cc2sc(CN3CCCC(F)(F)C3)cc12. The molecule has 0 amide bonds. The second-order valence-corrected chi connectivity index (χ2v) is 8.00. The molecule has 0 atom stereocenters. The van der Waals surface area contributed by atoms with Crippen molar-refractivity contribution in [2.75, 3.05) is 18.8 Å². The van der Waals surface area contributed by atoms with Gasteiger partial charge in [0.05, 0.1) is 6.54 Å². The van der Waals surface area contributed by atoms with Gasteiger partial charge in [-0.3, -0.25) is 4.90 Å². The summed E-state index contributed by atoms with van der Waals surface area (Å²) < 4.78 is 33.6. The molecule has 0 bridgehead atoms. The van der Waals surface area contributed by atoms with E-state index in [2.05, 4.69) is 0 Å². The Morgan fingerprint density at radius 2 is 2.12 bits per heavy atom. The van der Waals surface area contributed by atoms with Gasteiger partial charge in [-0.25, -0.2) is 8.78 Å². The molecule has 1 fully saturated rings. The Morgan fingerprint density at radius 1 is 1.28 bits per heavy atom. The number of nitrogens with zero attached hydrogens (tertiary/aromatic N) is 1. The third-order valence-electron chi connectivity index (χ3n) is 4.43. The summed E-state index contributed by atoms with van der Waals surface area (Å²) in [6, 6.07) is 9.34. The summed E-state index contributed by atoms with van der Waals surface area (Å²) >= 11 is 7.42. The van der Waals surface area contributed by atoms with Gasteiger partial charge >= 0.3 is 0 Å². The van der Waals surface area contributed by atoms with E-state index in [-0.39, 0.29) is 13.0 Å². The van der Waals surface area contributed by atoms with Gasteiger partial charge in [-0.1, -0.05) is 0 Å². The minimum Gasteiger partial charge on any atom is -0.445 e. The molecule has 0 spiro atoms. The molecule has 0 aliphatic carbocycles. The quantitative estimate of drug-likeness (QED) is 0.597. The number of piperidine rings is 1. The Balaban J connectivity index is 1.62. The van der Waals surface area contributed by atoms with E-state index in [0.717, 1.165) is 20.5 Å². The summed E-state index contributed by atoms with van der Waals surface area (Å²) in [5, 5.41) is 1.27. The number of hydrogen-bond donors (Lipinski definition) is 1. The van der Waals surface area contributed by atoms with Crippen LogP contribution in [-0.4, -0.2) is 23.9 Å². The van der Waals surface area contributed by atoms with Gasteiger partial charge in [-0.05, 0) is 54.9 Å². The largest absolute Gasteiger partial charge is 0.445 e. The van der Waals surface area contributed by atoms with Crippen molar-refractivity contribution < 1.29 is 13.2 Å². The van der Waals surface area contributed by atoms with Gasteiger partial charge in [0.1, 0.15) is 5.76 Å². The molecule has 7 heteroatoms. The summed E-state index contributed by atoms with van der Waals surface area (Å²) in [4.78, 5) is 2.85. The molecule has 0 unspecified atom stereocenters. The number of alkyl halides is 2. The molecule has 25 heavy (non-hydrogen) atoms. The lowest BCUT2D eigenvalue weighted by Gasteiger charge is -2.31. The first-order valence-corrected chi connectivity index (χ1v) is 9.27. The van der Waals surface area contributed by atoms with Crippen LogP contribution in [0.1, 0.15) is 17.7 Å². The van der Waals surface area contributed by atoms with Crippen molar-refractivity contribution in [3.05, 3.63) is 40.4 Å². The molecule has 1 aliphatic rings. The molecule has 1 aromatic carbocycles. The van der Waals surface area contributed by atoms with Crippen LogP contribution in [-0.2, 0) is 6.54 Å². The van der Waals surface area contributed by atoms with Crippen LogP contribution in [0.4, 0.5) is 14.5 Å². The number of likely N-dealkylation sites (tertiary alicyclic amines) is 1. The highest BCUT2D eigenvalue weighted by atomic mass is 35.5. The lowest BCUT2D eigenvalue weighted by Crippen LogP contribution is -2.41. The topological polar surface area (TPSA) is 42.4 Å². The van der Waals surface area contributed by atoms with E-state index >= 15 is 0 Å². The van der Waals surface area contributed by atoms with E-state index in [1.165, 1.54) is 0 Å². The second kappa shape index (κ2) is 6.27. The molecule has 3 nitrogen and oxygen atoms in total. The van der Waals surface area contributed by atoms with Crippen LogP contribution < -0.4 is 5.73 Å². The number of furan rings is 1. The van der Waals surface area contributed by atoms with Crippen LogP contribution >= 0.6 is 22.9 Å². The van der Waals surface area contributed by atoms with Gasteiger partial charge in [-0.15, -0.1) is 11.3 Å². The van der Waals surface area contributed by atoms with E-state index in [1.54, 1.807) is 23.5 Å². The molecule has 0 radical (unpaired) electrons. The van der Waals surface area contributed by atoms with Crippen LogP contribution in [0.2, 0.25) is 5.22 Å². The zero-order chi connectivity index (χ0) is 17.6. The maximum atomic E-state index is 13.6. The van der Waals surface area contributed by atoms with Gasteiger partial charge in [0.15, 0.2) is 5.22 Å². The Bertz CT molecular complexity index is 921. The minimum atomic E-state index is -2.58. The molecular formula is C18H17ClF2N2OS. The van der Waals surface area contributed by atoms with Crippen molar-refractivity contribution in [3.63, 3.8) is 0 Å². The second-order valence-electron chi connectivity index (χ2n) is 6.46. The molecule has 4 rings (SSSR count). The van der Waals surface area contributed by atoms with Crippen LogP contribution in [0, 0.1) is 0 Å². The number of anilines is 1. The van der Waals surface area contributed by atoms with Crippen molar-refractivity contribution in [3.8, 4) is 11.3 Å².